The zero-order chi connectivity index (χ0) is 11.4. The lowest BCUT2D eigenvalue weighted by atomic mass is 10.1. The molecule has 0 N–H and O–H groups in total. The van der Waals surface area contributed by atoms with E-state index in [1.165, 1.54) is 26.4 Å². The standard InChI is InChI=1S/C10H9ClO4/c1-14-8-4-6(5-12)3-7(11)9(8)10(13)15-2/h3-5H,1-2H3. The molecule has 0 saturated heterocycles. The van der Waals surface area contributed by atoms with E-state index in [1.54, 1.807) is 0 Å². The third kappa shape index (κ3) is 2.27. The average Bonchev–Trinajstić information content (AvgIpc) is 2.26. The van der Waals surface area contributed by atoms with Gasteiger partial charge in [-0.05, 0) is 12.1 Å². The summed E-state index contributed by atoms with van der Waals surface area (Å²) in [6.45, 7) is 0. The number of halogens is 1. The second-order valence-electron chi connectivity index (χ2n) is 2.69. The van der Waals surface area contributed by atoms with Crippen molar-refractivity contribution >= 4 is 23.9 Å². The number of methoxy groups -OCH3 is 2. The zero-order valence-corrected chi connectivity index (χ0v) is 9.00. The van der Waals surface area contributed by atoms with E-state index in [9.17, 15) is 9.59 Å². The van der Waals surface area contributed by atoms with Gasteiger partial charge in [0.25, 0.3) is 0 Å². The summed E-state index contributed by atoms with van der Waals surface area (Å²) in [4.78, 5) is 21.9. The molecule has 0 heterocycles. The Morgan fingerprint density at radius 3 is 2.53 bits per heavy atom. The van der Waals surface area contributed by atoms with E-state index in [0.717, 1.165) is 0 Å². The third-order valence-electron chi connectivity index (χ3n) is 1.82. The van der Waals surface area contributed by atoms with Crippen molar-refractivity contribution in [3.8, 4) is 5.75 Å². The van der Waals surface area contributed by atoms with Gasteiger partial charge < -0.3 is 9.47 Å². The maximum absolute atomic E-state index is 11.3. The zero-order valence-electron chi connectivity index (χ0n) is 8.24. The first-order valence-corrected chi connectivity index (χ1v) is 4.42. The molecular formula is C10H9ClO4. The molecule has 0 aliphatic rings. The fourth-order valence-electron chi connectivity index (χ4n) is 1.13. The maximum Gasteiger partial charge on any atom is 0.343 e. The fraction of sp³-hybridized carbons (Fsp3) is 0.200. The van der Waals surface area contributed by atoms with Crippen LogP contribution in [0.25, 0.3) is 0 Å². The smallest absolute Gasteiger partial charge is 0.343 e. The van der Waals surface area contributed by atoms with Crippen LogP contribution in [0.5, 0.6) is 5.75 Å². The van der Waals surface area contributed by atoms with E-state index >= 15 is 0 Å². The van der Waals surface area contributed by atoms with Crippen molar-refractivity contribution in [1.29, 1.82) is 0 Å². The minimum atomic E-state index is -0.603. The molecule has 0 unspecified atom stereocenters. The Morgan fingerprint density at radius 2 is 2.07 bits per heavy atom. The van der Waals surface area contributed by atoms with Crippen LogP contribution in [0.1, 0.15) is 20.7 Å². The molecule has 0 aromatic heterocycles. The first-order chi connectivity index (χ1) is 7.13. The minimum absolute atomic E-state index is 0.118. The predicted octanol–water partition coefficient (Wildman–Crippen LogP) is 1.95. The van der Waals surface area contributed by atoms with E-state index in [0.29, 0.717) is 11.8 Å². The van der Waals surface area contributed by atoms with Crippen molar-refractivity contribution in [1.82, 2.24) is 0 Å². The van der Waals surface area contributed by atoms with Crippen molar-refractivity contribution < 1.29 is 19.1 Å². The van der Waals surface area contributed by atoms with Crippen LogP contribution in [-0.2, 0) is 4.74 Å². The molecule has 5 heteroatoms. The van der Waals surface area contributed by atoms with E-state index in [4.69, 9.17) is 16.3 Å². The Morgan fingerprint density at radius 1 is 1.40 bits per heavy atom. The number of esters is 1. The first-order valence-electron chi connectivity index (χ1n) is 4.05. The lowest BCUT2D eigenvalue weighted by Crippen LogP contribution is -2.05. The van der Waals surface area contributed by atoms with Gasteiger partial charge in [0, 0.05) is 5.56 Å². The number of carbonyl (C=O) groups excluding carboxylic acids is 2. The molecule has 0 amide bonds. The van der Waals surface area contributed by atoms with Crippen molar-refractivity contribution in [2.45, 2.75) is 0 Å². The summed E-state index contributed by atoms with van der Waals surface area (Å²) in [6.07, 6.45) is 0.620. The normalized spacial score (nSPS) is 9.53. The van der Waals surface area contributed by atoms with Crippen LogP contribution < -0.4 is 4.74 Å². The SMILES string of the molecule is COC(=O)c1c(Cl)cc(C=O)cc1OC. The molecule has 0 aliphatic carbocycles. The molecule has 0 saturated carbocycles. The Balaban J connectivity index is 3.36. The first kappa shape index (κ1) is 11.5. The van der Waals surface area contributed by atoms with Crippen LogP contribution in [0.4, 0.5) is 0 Å². The van der Waals surface area contributed by atoms with Crippen molar-refractivity contribution in [3.63, 3.8) is 0 Å². The van der Waals surface area contributed by atoms with Gasteiger partial charge in [0.15, 0.2) is 0 Å². The van der Waals surface area contributed by atoms with E-state index in [-0.39, 0.29) is 16.3 Å². The number of carbonyl (C=O) groups is 2. The number of hydrogen-bond acceptors (Lipinski definition) is 4. The lowest BCUT2D eigenvalue weighted by Gasteiger charge is -2.09. The quantitative estimate of drug-likeness (QED) is 0.586. The van der Waals surface area contributed by atoms with Gasteiger partial charge in [0.2, 0.25) is 0 Å². The molecule has 0 radical (unpaired) electrons. The van der Waals surface area contributed by atoms with Crippen LogP contribution in [0, 0.1) is 0 Å². The molecule has 1 aromatic rings. The largest absolute Gasteiger partial charge is 0.496 e. The van der Waals surface area contributed by atoms with Gasteiger partial charge in [-0.15, -0.1) is 0 Å². The van der Waals surface area contributed by atoms with Gasteiger partial charge in [-0.1, -0.05) is 11.6 Å². The molecule has 0 aliphatic heterocycles. The Kier molecular flexibility index (Phi) is 3.68. The number of ether oxygens (including phenoxy) is 2. The molecule has 80 valence electrons. The number of rotatable bonds is 3. The summed E-state index contributed by atoms with van der Waals surface area (Å²) in [5.41, 5.74) is 0.455. The van der Waals surface area contributed by atoms with Gasteiger partial charge in [-0.3, -0.25) is 4.79 Å². The summed E-state index contributed by atoms with van der Waals surface area (Å²) in [5, 5.41) is 0.128. The predicted molar refractivity (Wildman–Crippen MR) is 54.7 cm³/mol. The molecular weight excluding hydrogens is 220 g/mol. The highest BCUT2D eigenvalue weighted by Gasteiger charge is 2.18. The number of benzene rings is 1. The highest BCUT2D eigenvalue weighted by Crippen LogP contribution is 2.28. The summed E-state index contributed by atoms with van der Waals surface area (Å²) in [7, 11) is 2.62. The molecule has 0 bridgehead atoms. The third-order valence-corrected chi connectivity index (χ3v) is 2.12. The average molecular weight is 229 g/mol. The van der Waals surface area contributed by atoms with Gasteiger partial charge in [-0.2, -0.15) is 0 Å². The van der Waals surface area contributed by atoms with Crippen molar-refractivity contribution in [2.75, 3.05) is 14.2 Å². The molecule has 0 fully saturated rings. The second kappa shape index (κ2) is 4.79. The summed E-state index contributed by atoms with van der Waals surface area (Å²) in [6, 6.07) is 2.80. The molecule has 4 nitrogen and oxygen atoms in total. The molecule has 1 aromatic carbocycles. The molecule has 1 rings (SSSR count). The van der Waals surface area contributed by atoms with Gasteiger partial charge in [0.05, 0.1) is 19.2 Å². The number of aldehydes is 1. The monoisotopic (exact) mass is 228 g/mol. The van der Waals surface area contributed by atoms with Gasteiger partial charge in [0.1, 0.15) is 17.6 Å². The highest BCUT2D eigenvalue weighted by atomic mass is 35.5. The lowest BCUT2D eigenvalue weighted by molar-refractivity contribution is 0.0597. The molecule has 0 atom stereocenters. The van der Waals surface area contributed by atoms with Crippen LogP contribution in [0.15, 0.2) is 12.1 Å². The summed E-state index contributed by atoms with van der Waals surface area (Å²) < 4.78 is 9.49. The van der Waals surface area contributed by atoms with Crippen molar-refractivity contribution in [2.24, 2.45) is 0 Å². The summed E-state index contributed by atoms with van der Waals surface area (Å²) >= 11 is 5.83. The number of hydrogen-bond donors (Lipinski definition) is 0. The van der Waals surface area contributed by atoms with E-state index < -0.39 is 5.97 Å². The topological polar surface area (TPSA) is 52.6 Å². The van der Waals surface area contributed by atoms with Crippen LogP contribution in [-0.4, -0.2) is 26.5 Å². The Bertz CT molecular complexity index is 401. The van der Waals surface area contributed by atoms with E-state index in [2.05, 4.69) is 4.74 Å². The van der Waals surface area contributed by atoms with Gasteiger partial charge in [-0.25, -0.2) is 4.79 Å². The summed E-state index contributed by atoms with van der Waals surface area (Å²) in [5.74, 6) is -0.384. The van der Waals surface area contributed by atoms with Gasteiger partial charge >= 0.3 is 5.97 Å². The second-order valence-corrected chi connectivity index (χ2v) is 3.10. The van der Waals surface area contributed by atoms with Crippen LogP contribution >= 0.6 is 11.6 Å². The van der Waals surface area contributed by atoms with Crippen LogP contribution in [0.2, 0.25) is 5.02 Å². The minimum Gasteiger partial charge on any atom is -0.496 e. The van der Waals surface area contributed by atoms with Crippen LogP contribution in [0.3, 0.4) is 0 Å². The Hall–Kier alpha value is -1.55. The fourth-order valence-corrected chi connectivity index (χ4v) is 1.43. The molecule has 15 heavy (non-hydrogen) atoms. The van der Waals surface area contributed by atoms with E-state index in [1.807, 2.05) is 0 Å². The molecule has 0 spiro atoms. The van der Waals surface area contributed by atoms with Crippen molar-refractivity contribution in [3.05, 3.63) is 28.3 Å². The Labute approximate surface area is 91.7 Å². The maximum atomic E-state index is 11.3. The highest BCUT2D eigenvalue weighted by molar-refractivity contribution is 6.34.